The molecule has 0 aromatic rings. The van der Waals surface area contributed by atoms with E-state index in [2.05, 4.69) is 36.9 Å². The van der Waals surface area contributed by atoms with Crippen LogP contribution in [0.3, 0.4) is 0 Å². The van der Waals surface area contributed by atoms with Crippen molar-refractivity contribution in [3.05, 3.63) is 0 Å². The Hall–Kier alpha value is 0.0700. The maximum absolute atomic E-state index is 12.1. The number of nitrogens with zero attached hydrogens (tertiary/aromatic N) is 2. The first-order valence-corrected chi connectivity index (χ1v) is 9.55. The van der Waals surface area contributed by atoms with Gasteiger partial charge in [0.2, 0.25) is 0 Å². The fraction of sp³-hybridized carbons (Fsp3) is 1.00. The van der Waals surface area contributed by atoms with Crippen molar-refractivity contribution < 1.29 is 4.21 Å². The molecule has 3 nitrogen and oxygen atoms in total. The van der Waals surface area contributed by atoms with Crippen molar-refractivity contribution in [1.29, 1.82) is 0 Å². The fourth-order valence-electron chi connectivity index (χ4n) is 3.64. The molecule has 2 heterocycles. The second kappa shape index (κ2) is 7.37. The van der Waals surface area contributed by atoms with Crippen molar-refractivity contribution in [2.75, 3.05) is 26.2 Å². The van der Waals surface area contributed by atoms with Crippen LogP contribution in [-0.4, -0.2) is 50.9 Å². The van der Waals surface area contributed by atoms with Crippen LogP contribution in [0, 0.1) is 11.8 Å². The molecule has 20 heavy (non-hydrogen) atoms. The summed E-state index contributed by atoms with van der Waals surface area (Å²) in [4.78, 5) is 2.70. The monoisotopic (exact) mass is 300 g/mol. The molecule has 1 atom stereocenters. The van der Waals surface area contributed by atoms with Crippen LogP contribution >= 0.6 is 0 Å². The number of hydrogen-bond donors (Lipinski definition) is 0. The van der Waals surface area contributed by atoms with E-state index in [1.54, 1.807) is 0 Å². The van der Waals surface area contributed by atoms with Gasteiger partial charge in [-0.1, -0.05) is 13.8 Å². The summed E-state index contributed by atoms with van der Waals surface area (Å²) < 4.78 is 14.3. The maximum Gasteiger partial charge on any atom is 0.0968 e. The van der Waals surface area contributed by atoms with Crippen LogP contribution in [0.5, 0.6) is 0 Å². The van der Waals surface area contributed by atoms with Gasteiger partial charge in [-0.15, -0.1) is 0 Å². The highest BCUT2D eigenvalue weighted by Gasteiger charge is 2.30. The number of piperidine rings is 2. The van der Waals surface area contributed by atoms with E-state index in [0.717, 1.165) is 31.0 Å². The zero-order valence-corrected chi connectivity index (χ0v) is 14.5. The van der Waals surface area contributed by atoms with Gasteiger partial charge < -0.3 is 4.90 Å². The van der Waals surface area contributed by atoms with E-state index in [9.17, 15) is 4.21 Å². The molecule has 1 unspecified atom stereocenters. The fourth-order valence-corrected chi connectivity index (χ4v) is 4.80. The van der Waals surface area contributed by atoms with Gasteiger partial charge in [-0.3, -0.25) is 0 Å². The van der Waals surface area contributed by atoms with E-state index in [4.69, 9.17) is 0 Å². The van der Waals surface area contributed by atoms with Crippen LogP contribution in [0.1, 0.15) is 53.4 Å². The minimum atomic E-state index is -0.775. The van der Waals surface area contributed by atoms with E-state index >= 15 is 0 Å². The summed E-state index contributed by atoms with van der Waals surface area (Å²) >= 11 is 0. The molecule has 0 aromatic heterocycles. The third-order valence-corrected chi connectivity index (χ3v) is 6.80. The van der Waals surface area contributed by atoms with Crippen LogP contribution in [0.15, 0.2) is 0 Å². The molecule has 0 N–H and O–H groups in total. The minimum absolute atomic E-state index is 0.258. The summed E-state index contributed by atoms with van der Waals surface area (Å²) in [6, 6.07) is 0.739. The molecular formula is C16H32N2OS. The highest BCUT2D eigenvalue weighted by molar-refractivity contribution is 7.83. The largest absolute Gasteiger partial charge is 0.300 e. The summed E-state index contributed by atoms with van der Waals surface area (Å²) in [7, 11) is -0.775. The van der Waals surface area contributed by atoms with Gasteiger partial charge in [-0.05, 0) is 64.5 Å². The maximum atomic E-state index is 12.1. The topological polar surface area (TPSA) is 23.6 Å². The Balaban J connectivity index is 1.76. The molecule has 0 amide bonds. The van der Waals surface area contributed by atoms with Gasteiger partial charge in [-0.2, -0.15) is 0 Å². The zero-order chi connectivity index (χ0) is 14.7. The normalized spacial score (nSPS) is 26.5. The molecule has 0 spiro atoms. The molecule has 2 aliphatic rings. The molecule has 2 aliphatic heterocycles. The molecule has 2 rings (SSSR count). The van der Waals surface area contributed by atoms with Gasteiger partial charge in [0.15, 0.2) is 0 Å². The molecule has 2 fully saturated rings. The van der Waals surface area contributed by atoms with Crippen molar-refractivity contribution in [3.63, 3.8) is 0 Å². The highest BCUT2D eigenvalue weighted by atomic mass is 32.2. The average Bonchev–Trinajstić information content (AvgIpc) is 2.46. The van der Waals surface area contributed by atoms with Gasteiger partial charge in [0.05, 0.1) is 11.0 Å². The van der Waals surface area contributed by atoms with Crippen molar-refractivity contribution in [1.82, 2.24) is 9.21 Å². The molecule has 0 radical (unpaired) electrons. The second-order valence-electron chi connectivity index (χ2n) is 7.10. The molecule has 0 aliphatic carbocycles. The smallest absolute Gasteiger partial charge is 0.0968 e. The van der Waals surface area contributed by atoms with Crippen molar-refractivity contribution in [2.45, 2.75) is 64.7 Å². The Morgan fingerprint density at radius 3 is 1.90 bits per heavy atom. The molecule has 0 aromatic carbocycles. The first kappa shape index (κ1) is 16.4. The van der Waals surface area contributed by atoms with Gasteiger partial charge in [0.25, 0.3) is 0 Å². The number of likely N-dealkylation sites (tertiary alicyclic amines) is 1. The lowest BCUT2D eigenvalue weighted by Gasteiger charge is -2.42. The summed E-state index contributed by atoms with van der Waals surface area (Å²) in [5.74, 6) is 1.77. The first-order valence-electron chi connectivity index (χ1n) is 8.38. The van der Waals surface area contributed by atoms with Gasteiger partial charge >= 0.3 is 0 Å². The number of hydrogen-bond acceptors (Lipinski definition) is 2. The van der Waals surface area contributed by atoms with E-state index in [1.807, 2.05) is 0 Å². The molecular weight excluding hydrogens is 268 g/mol. The zero-order valence-electron chi connectivity index (χ0n) is 13.7. The summed E-state index contributed by atoms with van der Waals surface area (Å²) in [6.07, 6.45) is 5.14. The van der Waals surface area contributed by atoms with Crippen molar-refractivity contribution in [3.8, 4) is 0 Å². The van der Waals surface area contributed by atoms with Crippen LogP contribution in [0.2, 0.25) is 0 Å². The van der Waals surface area contributed by atoms with Crippen LogP contribution < -0.4 is 0 Å². The summed E-state index contributed by atoms with van der Waals surface area (Å²) in [5.41, 5.74) is 0. The van der Waals surface area contributed by atoms with E-state index in [1.165, 1.54) is 38.8 Å². The van der Waals surface area contributed by atoms with Crippen molar-refractivity contribution in [2.24, 2.45) is 11.8 Å². The average molecular weight is 301 g/mol. The lowest BCUT2D eigenvalue weighted by molar-refractivity contribution is 0.0862. The Morgan fingerprint density at radius 2 is 1.45 bits per heavy atom. The SMILES string of the molecule is CC(C)C1CCN(C2CCN(S(=O)C(C)C)CC2)CC1. The Morgan fingerprint density at radius 1 is 0.900 bits per heavy atom. The number of rotatable bonds is 4. The molecule has 118 valence electrons. The Bertz CT molecular complexity index is 316. The molecule has 4 heteroatoms. The summed E-state index contributed by atoms with van der Waals surface area (Å²) in [6.45, 7) is 13.4. The van der Waals surface area contributed by atoms with Crippen LogP contribution in [-0.2, 0) is 11.0 Å². The van der Waals surface area contributed by atoms with Crippen LogP contribution in [0.25, 0.3) is 0 Å². The van der Waals surface area contributed by atoms with E-state index < -0.39 is 11.0 Å². The quantitative estimate of drug-likeness (QED) is 0.797. The van der Waals surface area contributed by atoms with Crippen molar-refractivity contribution >= 4 is 11.0 Å². The lowest BCUT2D eigenvalue weighted by atomic mass is 9.85. The molecule has 0 saturated carbocycles. The van der Waals surface area contributed by atoms with Gasteiger partial charge in [-0.25, -0.2) is 8.51 Å². The van der Waals surface area contributed by atoms with Gasteiger partial charge in [0.1, 0.15) is 0 Å². The van der Waals surface area contributed by atoms with Gasteiger partial charge in [0, 0.05) is 24.4 Å². The third kappa shape index (κ3) is 4.05. The minimum Gasteiger partial charge on any atom is -0.300 e. The Kier molecular flexibility index (Phi) is 6.06. The van der Waals surface area contributed by atoms with E-state index in [-0.39, 0.29) is 5.25 Å². The molecule has 2 saturated heterocycles. The standard InChI is InChI=1S/C16H32N2OS/c1-13(2)15-5-9-17(10-6-15)16-7-11-18(12-8-16)20(19)14(3)4/h13-16H,5-12H2,1-4H3. The predicted octanol–water partition coefficient (Wildman–Crippen LogP) is 2.89. The highest BCUT2D eigenvalue weighted by Crippen LogP contribution is 2.28. The van der Waals surface area contributed by atoms with E-state index in [0.29, 0.717) is 0 Å². The first-order chi connectivity index (χ1) is 9.49. The molecule has 0 bridgehead atoms. The third-order valence-electron chi connectivity index (χ3n) is 5.11. The lowest BCUT2D eigenvalue weighted by Crippen LogP contribution is -2.49. The summed E-state index contributed by atoms with van der Waals surface area (Å²) in [5, 5.41) is 0.258. The Labute approximate surface area is 127 Å². The second-order valence-corrected chi connectivity index (χ2v) is 9.11. The predicted molar refractivity (Wildman–Crippen MR) is 87.0 cm³/mol. The van der Waals surface area contributed by atoms with Crippen LogP contribution in [0.4, 0.5) is 0 Å².